The molecule has 0 bridgehead atoms. The molecule has 1 fully saturated rings. The summed E-state index contributed by atoms with van der Waals surface area (Å²) in [5.41, 5.74) is 0.407. The number of nitrogens with one attached hydrogen (secondary N) is 1. The molecule has 0 radical (unpaired) electrons. The molecule has 12 heteroatoms. The molecule has 32 heavy (non-hydrogen) atoms. The lowest BCUT2D eigenvalue weighted by Crippen LogP contribution is -2.38. The summed E-state index contributed by atoms with van der Waals surface area (Å²) in [7, 11) is 2.94. The second-order valence-electron chi connectivity index (χ2n) is 7.46. The summed E-state index contributed by atoms with van der Waals surface area (Å²) in [6.45, 7) is 1.01. The van der Waals surface area contributed by atoms with E-state index in [9.17, 15) is 18.0 Å². The number of anilines is 1. The minimum Gasteiger partial charge on any atom is -0.493 e. The smallest absolute Gasteiger partial charge is 0.410 e. The molecule has 2 atom stereocenters. The van der Waals surface area contributed by atoms with E-state index in [0.717, 1.165) is 16.2 Å². The summed E-state index contributed by atoms with van der Waals surface area (Å²) < 4.78 is 53.3. The normalized spacial score (nSPS) is 21.0. The van der Waals surface area contributed by atoms with Crippen molar-refractivity contribution in [3.63, 3.8) is 0 Å². The molecule has 1 aromatic heterocycles. The van der Waals surface area contributed by atoms with Crippen LogP contribution in [0.2, 0.25) is 5.02 Å². The number of alkyl halides is 3. The van der Waals surface area contributed by atoms with Crippen molar-refractivity contribution >= 4 is 35.1 Å². The predicted octanol–water partition coefficient (Wildman–Crippen LogP) is 4.40. The van der Waals surface area contributed by atoms with Crippen LogP contribution in [0.1, 0.15) is 34.6 Å². The quantitative estimate of drug-likeness (QED) is 0.685. The average molecular weight is 491 g/mol. The van der Waals surface area contributed by atoms with Crippen LogP contribution in [0.5, 0.6) is 11.5 Å². The van der Waals surface area contributed by atoms with Crippen LogP contribution in [-0.2, 0) is 0 Å². The van der Waals surface area contributed by atoms with Crippen molar-refractivity contribution in [2.24, 2.45) is 0 Å². The van der Waals surface area contributed by atoms with Crippen LogP contribution in [0.4, 0.5) is 19.0 Å². The van der Waals surface area contributed by atoms with Gasteiger partial charge in [0.1, 0.15) is 10.8 Å². The Bertz CT molecular complexity index is 1010. The molecular weight excluding hydrogens is 469 g/mol. The minimum atomic E-state index is -4.58. The number of ether oxygens (including phenoxy) is 2. The van der Waals surface area contributed by atoms with Gasteiger partial charge in [0.25, 0.3) is 5.91 Å². The van der Waals surface area contributed by atoms with Crippen LogP contribution in [0, 0.1) is 0 Å². The third kappa shape index (κ3) is 4.19. The zero-order valence-electron chi connectivity index (χ0n) is 17.4. The Morgan fingerprint density at radius 3 is 2.53 bits per heavy atom. The van der Waals surface area contributed by atoms with E-state index in [2.05, 4.69) is 10.4 Å². The average Bonchev–Trinajstić information content (AvgIpc) is 3.13. The van der Waals surface area contributed by atoms with Gasteiger partial charge in [-0.25, -0.2) is 4.68 Å². The molecule has 1 aromatic carbocycles. The number of thioether (sulfide) groups is 1. The molecule has 3 heterocycles. The first-order valence-corrected chi connectivity index (χ1v) is 11.5. The molecule has 2 aliphatic heterocycles. The van der Waals surface area contributed by atoms with E-state index in [4.69, 9.17) is 21.1 Å². The molecule has 174 valence electrons. The molecule has 7 nitrogen and oxygen atoms in total. The number of fused-ring (bicyclic) bond motifs is 1. The maximum atomic E-state index is 14.0. The van der Waals surface area contributed by atoms with Gasteiger partial charge in [-0.1, -0.05) is 17.7 Å². The number of carbonyl (C=O) groups is 1. The van der Waals surface area contributed by atoms with Gasteiger partial charge in [0, 0.05) is 31.0 Å². The first kappa shape index (κ1) is 22.9. The number of nitrogens with zero attached hydrogens (tertiary/aromatic N) is 3. The second-order valence-corrected chi connectivity index (χ2v) is 9.07. The van der Waals surface area contributed by atoms with Gasteiger partial charge >= 0.3 is 6.18 Å². The molecule has 2 aliphatic rings. The fourth-order valence-corrected chi connectivity index (χ4v) is 5.09. The van der Waals surface area contributed by atoms with E-state index in [1.165, 1.54) is 14.2 Å². The van der Waals surface area contributed by atoms with Gasteiger partial charge in [-0.05, 0) is 17.7 Å². The van der Waals surface area contributed by atoms with E-state index in [1.807, 2.05) is 0 Å². The monoisotopic (exact) mass is 490 g/mol. The number of hydrogen-bond acceptors (Lipinski definition) is 6. The lowest BCUT2D eigenvalue weighted by atomic mass is 9.96. The zero-order valence-corrected chi connectivity index (χ0v) is 19.0. The van der Waals surface area contributed by atoms with Crippen LogP contribution in [-0.4, -0.2) is 65.6 Å². The van der Waals surface area contributed by atoms with E-state index < -0.39 is 24.2 Å². The van der Waals surface area contributed by atoms with E-state index in [0.29, 0.717) is 30.2 Å². The summed E-state index contributed by atoms with van der Waals surface area (Å²) in [4.78, 5) is 14.5. The summed E-state index contributed by atoms with van der Waals surface area (Å²) in [5, 5.41) is 6.97. The first-order chi connectivity index (χ1) is 15.2. The van der Waals surface area contributed by atoms with E-state index in [1.54, 1.807) is 34.9 Å². The van der Waals surface area contributed by atoms with Gasteiger partial charge in [-0.15, -0.1) is 0 Å². The number of methoxy groups -OCH3 is 2. The van der Waals surface area contributed by atoms with Crippen LogP contribution < -0.4 is 14.8 Å². The Morgan fingerprint density at radius 1 is 1.22 bits per heavy atom. The van der Waals surface area contributed by atoms with Crippen molar-refractivity contribution in [3.8, 4) is 11.5 Å². The van der Waals surface area contributed by atoms with Gasteiger partial charge < -0.3 is 19.7 Å². The third-order valence-corrected chi connectivity index (χ3v) is 6.91. The Hall–Kier alpha value is -2.27. The lowest BCUT2D eigenvalue weighted by Gasteiger charge is -2.33. The van der Waals surface area contributed by atoms with Gasteiger partial charge in [0.05, 0.1) is 20.3 Å². The van der Waals surface area contributed by atoms with Crippen LogP contribution in [0.3, 0.4) is 0 Å². The Morgan fingerprint density at radius 2 is 1.91 bits per heavy atom. The van der Waals surface area contributed by atoms with Gasteiger partial charge in [-0.3, -0.25) is 4.79 Å². The summed E-state index contributed by atoms with van der Waals surface area (Å²) >= 11 is 8.14. The standard InChI is InChI=1S/C20H22ClF3N4O3S/c1-30-13-4-3-11(9-14(13)31-2)12-10-15(20(22,23)24)28-18(25-12)16(21)17(26-28)19(29)27-5-7-32-8-6-27/h3-4,9,12,15,25H,5-8,10H2,1-2H3/t12-,15+/m0/s1. The van der Waals surface area contributed by atoms with Crippen molar-refractivity contribution in [3.05, 3.63) is 34.5 Å². The number of benzene rings is 1. The molecule has 0 spiro atoms. The summed E-state index contributed by atoms with van der Waals surface area (Å²) in [6, 6.07) is 2.27. The van der Waals surface area contributed by atoms with E-state index >= 15 is 0 Å². The topological polar surface area (TPSA) is 68.6 Å². The Kier molecular flexibility index (Phi) is 6.39. The summed E-state index contributed by atoms with van der Waals surface area (Å²) in [5.74, 6) is 1.93. The number of rotatable bonds is 4. The number of hydrogen-bond donors (Lipinski definition) is 1. The number of carbonyl (C=O) groups excluding carboxylic acids is 1. The van der Waals surface area contributed by atoms with Crippen molar-refractivity contribution < 1.29 is 27.4 Å². The molecule has 1 amide bonds. The lowest BCUT2D eigenvalue weighted by molar-refractivity contribution is -0.173. The van der Waals surface area contributed by atoms with Gasteiger partial charge in [0.15, 0.2) is 23.2 Å². The molecule has 2 aromatic rings. The molecular formula is C20H22ClF3N4O3S. The highest BCUT2D eigenvalue weighted by Gasteiger charge is 2.48. The van der Waals surface area contributed by atoms with Crippen molar-refractivity contribution in [1.82, 2.24) is 14.7 Å². The van der Waals surface area contributed by atoms with Crippen LogP contribution >= 0.6 is 23.4 Å². The maximum absolute atomic E-state index is 14.0. The van der Waals surface area contributed by atoms with Crippen LogP contribution in [0.25, 0.3) is 0 Å². The first-order valence-electron chi connectivity index (χ1n) is 9.94. The highest BCUT2D eigenvalue weighted by molar-refractivity contribution is 7.99. The predicted molar refractivity (Wildman–Crippen MR) is 116 cm³/mol. The minimum absolute atomic E-state index is 0.0187. The fourth-order valence-electron chi connectivity index (χ4n) is 3.93. The molecule has 4 rings (SSSR count). The second kappa shape index (κ2) is 8.93. The van der Waals surface area contributed by atoms with Crippen molar-refractivity contribution in [2.45, 2.75) is 24.7 Å². The zero-order chi connectivity index (χ0) is 23.0. The fraction of sp³-hybridized carbons (Fsp3) is 0.500. The largest absolute Gasteiger partial charge is 0.493 e. The van der Waals surface area contributed by atoms with Crippen molar-refractivity contribution in [2.75, 3.05) is 44.1 Å². The Labute approximate surface area is 192 Å². The molecule has 1 N–H and O–H groups in total. The van der Waals surface area contributed by atoms with E-state index in [-0.39, 0.29) is 23.0 Å². The summed E-state index contributed by atoms with van der Waals surface area (Å²) in [6.07, 6.45) is -4.90. The van der Waals surface area contributed by atoms with Crippen molar-refractivity contribution in [1.29, 1.82) is 0 Å². The van der Waals surface area contributed by atoms with Gasteiger partial charge in [-0.2, -0.15) is 30.0 Å². The third-order valence-electron chi connectivity index (χ3n) is 5.61. The maximum Gasteiger partial charge on any atom is 0.410 e. The number of aromatic nitrogens is 2. The highest BCUT2D eigenvalue weighted by atomic mass is 35.5. The molecule has 1 saturated heterocycles. The molecule has 0 aliphatic carbocycles. The molecule has 0 unspecified atom stereocenters. The van der Waals surface area contributed by atoms with Crippen LogP contribution in [0.15, 0.2) is 18.2 Å². The highest BCUT2D eigenvalue weighted by Crippen LogP contribution is 2.47. The number of halogens is 4. The Balaban J connectivity index is 1.72. The number of amides is 1. The molecule has 0 saturated carbocycles. The SMILES string of the molecule is COc1ccc([C@@H]2C[C@H](C(F)(F)F)n3nc(C(=O)N4CCSCC4)c(Cl)c3N2)cc1OC. The van der Waals surface area contributed by atoms with Gasteiger partial charge in [0.2, 0.25) is 0 Å².